The number of hydrogen-bond acceptors (Lipinski definition) is 4. The highest BCUT2D eigenvalue weighted by molar-refractivity contribution is 7.46. The highest BCUT2D eigenvalue weighted by Crippen LogP contribution is 2.44. The van der Waals surface area contributed by atoms with E-state index in [-0.39, 0.29) is 12.7 Å². The lowest BCUT2D eigenvalue weighted by Crippen LogP contribution is -2.41. The monoisotopic (exact) mass is 473 g/mol. The Hall–Kier alpha value is -1.69. The summed E-state index contributed by atoms with van der Waals surface area (Å²) in [7, 11) is -4.50. The van der Waals surface area contributed by atoms with E-state index in [1.165, 1.54) is 28.7 Å². The van der Waals surface area contributed by atoms with Crippen molar-refractivity contribution in [2.45, 2.75) is 76.4 Å². The molecule has 2 aliphatic rings. The summed E-state index contributed by atoms with van der Waals surface area (Å²) in [5, 5.41) is 0. The lowest BCUT2D eigenvalue weighted by atomic mass is 9.79. The molecular formula is C26H36NO5P. The average Bonchev–Trinajstić information content (AvgIpc) is 3.14. The van der Waals surface area contributed by atoms with E-state index in [1.807, 2.05) is 19.9 Å². The van der Waals surface area contributed by atoms with Crippen LogP contribution in [0.3, 0.4) is 0 Å². The number of nitrogens with two attached hydrogens (primary N) is 1. The molecular weight excluding hydrogens is 437 g/mol. The molecule has 0 amide bonds. The van der Waals surface area contributed by atoms with Crippen LogP contribution in [0.2, 0.25) is 0 Å². The second-order valence-corrected chi connectivity index (χ2v) is 11.5. The van der Waals surface area contributed by atoms with E-state index in [0.717, 1.165) is 31.4 Å². The number of phosphoric ester groups is 1. The van der Waals surface area contributed by atoms with Crippen LogP contribution in [0.5, 0.6) is 5.75 Å². The van der Waals surface area contributed by atoms with Gasteiger partial charge in [0, 0.05) is 5.54 Å². The minimum Gasteiger partial charge on any atom is -0.491 e. The summed E-state index contributed by atoms with van der Waals surface area (Å²) in [5.41, 5.74) is 11.2. The van der Waals surface area contributed by atoms with Crippen LogP contribution < -0.4 is 10.5 Å². The molecule has 0 spiro atoms. The zero-order valence-electron chi connectivity index (χ0n) is 19.6. The first kappa shape index (κ1) is 24.4. The SMILES string of the molecule is CC(C)Oc1cccc(C[C@@H]2CCc3cc([C@H]4CC[C@](N)(COP(=O)(O)O)C4)ccc3C2)c1. The molecule has 4 N–H and O–H groups in total. The number of aryl methyl sites for hydroxylation is 1. The second-order valence-electron chi connectivity index (χ2n) is 10.2. The van der Waals surface area contributed by atoms with E-state index < -0.39 is 13.4 Å². The van der Waals surface area contributed by atoms with Crippen LogP contribution in [0, 0.1) is 5.92 Å². The van der Waals surface area contributed by atoms with Gasteiger partial charge in [-0.15, -0.1) is 0 Å². The van der Waals surface area contributed by atoms with Gasteiger partial charge in [-0.05, 0) is 105 Å². The molecule has 3 atom stereocenters. The third kappa shape index (κ3) is 6.68. The van der Waals surface area contributed by atoms with Gasteiger partial charge in [-0.25, -0.2) is 4.57 Å². The largest absolute Gasteiger partial charge is 0.491 e. The fourth-order valence-electron chi connectivity index (χ4n) is 5.41. The summed E-state index contributed by atoms with van der Waals surface area (Å²) in [6.45, 7) is 3.99. The van der Waals surface area contributed by atoms with Crippen molar-refractivity contribution in [3.05, 3.63) is 64.7 Å². The Balaban J connectivity index is 1.37. The van der Waals surface area contributed by atoms with Crippen LogP contribution in [0.25, 0.3) is 0 Å². The zero-order valence-corrected chi connectivity index (χ0v) is 20.5. The first-order valence-electron chi connectivity index (χ1n) is 11.9. The van der Waals surface area contributed by atoms with Crippen molar-refractivity contribution >= 4 is 7.82 Å². The lowest BCUT2D eigenvalue weighted by molar-refractivity contribution is 0.153. The number of benzene rings is 2. The van der Waals surface area contributed by atoms with Crippen LogP contribution >= 0.6 is 7.82 Å². The molecule has 2 aromatic carbocycles. The van der Waals surface area contributed by atoms with E-state index in [0.29, 0.717) is 24.7 Å². The Labute approximate surface area is 196 Å². The molecule has 2 aliphatic carbocycles. The molecule has 180 valence electrons. The Morgan fingerprint density at radius 2 is 1.97 bits per heavy atom. The summed E-state index contributed by atoms with van der Waals surface area (Å²) in [4.78, 5) is 18.0. The third-order valence-corrected chi connectivity index (χ3v) is 7.46. The topological polar surface area (TPSA) is 102 Å². The van der Waals surface area contributed by atoms with Gasteiger partial charge in [0.1, 0.15) is 5.75 Å². The van der Waals surface area contributed by atoms with Gasteiger partial charge in [0.05, 0.1) is 12.7 Å². The van der Waals surface area contributed by atoms with Gasteiger partial charge >= 0.3 is 7.82 Å². The van der Waals surface area contributed by atoms with Gasteiger partial charge in [0.25, 0.3) is 0 Å². The van der Waals surface area contributed by atoms with Gasteiger partial charge in [-0.2, -0.15) is 0 Å². The number of ether oxygens (including phenoxy) is 1. The van der Waals surface area contributed by atoms with Crippen molar-refractivity contribution in [1.29, 1.82) is 0 Å². The van der Waals surface area contributed by atoms with Gasteiger partial charge < -0.3 is 20.3 Å². The van der Waals surface area contributed by atoms with Crippen molar-refractivity contribution in [2.24, 2.45) is 11.7 Å². The van der Waals surface area contributed by atoms with Crippen LogP contribution in [-0.2, 0) is 28.4 Å². The van der Waals surface area contributed by atoms with Crippen molar-refractivity contribution in [3.8, 4) is 5.75 Å². The fourth-order valence-corrected chi connectivity index (χ4v) is 5.84. The average molecular weight is 474 g/mol. The van der Waals surface area contributed by atoms with E-state index in [4.69, 9.17) is 24.8 Å². The molecule has 7 heteroatoms. The van der Waals surface area contributed by atoms with Crippen LogP contribution in [-0.4, -0.2) is 28.0 Å². The summed E-state index contributed by atoms with van der Waals surface area (Å²) in [6, 6.07) is 15.3. The number of hydrogen-bond donors (Lipinski definition) is 3. The van der Waals surface area contributed by atoms with E-state index in [2.05, 4.69) is 36.4 Å². The van der Waals surface area contributed by atoms with Crippen molar-refractivity contribution < 1.29 is 23.6 Å². The summed E-state index contributed by atoms with van der Waals surface area (Å²) >= 11 is 0. The Morgan fingerprint density at radius 3 is 2.73 bits per heavy atom. The van der Waals surface area contributed by atoms with E-state index >= 15 is 0 Å². The molecule has 1 fully saturated rings. The maximum absolute atomic E-state index is 11.1. The molecule has 0 unspecified atom stereocenters. The number of phosphoric acid groups is 1. The molecule has 6 nitrogen and oxygen atoms in total. The minimum atomic E-state index is -4.50. The van der Waals surface area contributed by atoms with E-state index in [1.54, 1.807) is 0 Å². The van der Waals surface area contributed by atoms with Crippen LogP contribution in [0.15, 0.2) is 42.5 Å². The summed E-state index contributed by atoms with van der Waals surface area (Å²) in [5.74, 6) is 1.88. The molecule has 0 bridgehead atoms. The Kier molecular flexibility index (Phi) is 7.32. The molecule has 0 heterocycles. The fraction of sp³-hybridized carbons (Fsp3) is 0.538. The first-order valence-corrected chi connectivity index (χ1v) is 13.5. The van der Waals surface area contributed by atoms with Crippen molar-refractivity contribution in [3.63, 3.8) is 0 Å². The predicted molar refractivity (Wildman–Crippen MR) is 129 cm³/mol. The quantitative estimate of drug-likeness (QED) is 0.472. The van der Waals surface area contributed by atoms with Crippen molar-refractivity contribution in [1.82, 2.24) is 0 Å². The molecule has 1 saturated carbocycles. The zero-order chi connectivity index (χ0) is 23.6. The molecule has 4 rings (SSSR count). The highest BCUT2D eigenvalue weighted by Gasteiger charge is 2.38. The number of rotatable bonds is 8. The normalized spacial score (nSPS) is 25.3. The highest BCUT2D eigenvalue weighted by atomic mass is 31.2. The van der Waals surface area contributed by atoms with E-state index in [9.17, 15) is 4.57 Å². The molecule has 0 aromatic heterocycles. The summed E-state index contributed by atoms with van der Waals surface area (Å²) < 4.78 is 21.6. The van der Waals surface area contributed by atoms with Gasteiger partial charge in [0.2, 0.25) is 0 Å². The first-order chi connectivity index (χ1) is 15.6. The second kappa shape index (κ2) is 9.89. The van der Waals surface area contributed by atoms with Gasteiger partial charge in [0.15, 0.2) is 0 Å². The molecule has 33 heavy (non-hydrogen) atoms. The molecule has 0 saturated heterocycles. The lowest BCUT2D eigenvalue weighted by Gasteiger charge is -2.27. The number of fused-ring (bicyclic) bond motifs is 1. The molecule has 0 radical (unpaired) electrons. The minimum absolute atomic E-state index is 0.107. The predicted octanol–water partition coefficient (Wildman–Crippen LogP) is 4.90. The maximum atomic E-state index is 11.1. The molecule has 0 aliphatic heterocycles. The van der Waals surface area contributed by atoms with Gasteiger partial charge in [-0.3, -0.25) is 4.52 Å². The van der Waals surface area contributed by atoms with Gasteiger partial charge in [-0.1, -0.05) is 30.3 Å². The smallest absolute Gasteiger partial charge is 0.469 e. The maximum Gasteiger partial charge on any atom is 0.469 e. The summed E-state index contributed by atoms with van der Waals surface area (Å²) in [6.07, 6.45) is 6.89. The Bertz CT molecular complexity index is 1020. The molecule has 2 aromatic rings. The standard InChI is InChI=1S/C26H36NO5P/c1-18(2)32-25-5-3-4-19(14-25)12-20-6-7-22-15-23(9-8-21(22)13-20)24-10-11-26(27,16-24)17-31-33(28,29)30/h3-5,8-9,14-15,18,20,24H,6-7,10-13,16-17,27H2,1-2H3,(H2,28,29,30)/t20-,24-,26+/m0/s1. The third-order valence-electron chi connectivity index (χ3n) is 6.99. The Morgan fingerprint density at radius 1 is 1.15 bits per heavy atom. The van der Waals surface area contributed by atoms with Crippen LogP contribution in [0.4, 0.5) is 0 Å². The van der Waals surface area contributed by atoms with Crippen molar-refractivity contribution in [2.75, 3.05) is 6.61 Å². The van der Waals surface area contributed by atoms with Crippen LogP contribution in [0.1, 0.15) is 67.7 Å².